The monoisotopic (exact) mass is 901 g/mol. The Kier molecular flexibility index (Phi) is 42.3. The second-order valence-electron chi connectivity index (χ2n) is 16.3. The summed E-state index contributed by atoms with van der Waals surface area (Å²) in [7, 11) is 5.90. The zero-order chi connectivity index (χ0) is 47.7. The van der Waals surface area contributed by atoms with Crippen LogP contribution in [0.3, 0.4) is 0 Å². The first kappa shape index (κ1) is 60.2. The molecule has 362 valence electrons. The van der Waals surface area contributed by atoms with E-state index in [1.807, 2.05) is 33.3 Å². The molecule has 0 saturated carbocycles. The molecule has 0 fully saturated rings. The molecule has 0 aliphatic rings. The number of rotatable bonds is 41. The molecule has 1 N–H and O–H groups in total. The van der Waals surface area contributed by atoms with E-state index < -0.39 is 30.3 Å². The Bertz CT molecular complexity index is 1560. The van der Waals surface area contributed by atoms with Crippen molar-refractivity contribution in [1.29, 1.82) is 0 Å². The van der Waals surface area contributed by atoms with Gasteiger partial charge in [0.2, 0.25) is 0 Å². The number of carbonyl (C=O) groups is 3. The number of nitrogens with zero attached hydrogens (tertiary/aromatic N) is 1. The molecule has 0 bridgehead atoms. The van der Waals surface area contributed by atoms with Gasteiger partial charge in [0, 0.05) is 12.8 Å². The smallest absolute Gasteiger partial charge is 0.361 e. The molecule has 9 heteroatoms. The molecule has 0 aromatic carbocycles. The maximum Gasteiger partial charge on any atom is 0.361 e. The molecule has 2 atom stereocenters. The van der Waals surface area contributed by atoms with E-state index in [1.54, 1.807) is 0 Å². The number of carbonyl (C=O) groups excluding carboxylic acids is 2. The summed E-state index contributed by atoms with van der Waals surface area (Å²) in [4.78, 5) is 37.2. The number of likely N-dealkylation sites (N-methyl/N-ethyl adjacent to an activating group) is 1. The maximum atomic E-state index is 12.8. The molecular formula is C56H86NO8+. The van der Waals surface area contributed by atoms with Crippen LogP contribution in [0.2, 0.25) is 0 Å². The molecule has 2 unspecified atom stereocenters. The van der Waals surface area contributed by atoms with Crippen molar-refractivity contribution in [1.82, 2.24) is 0 Å². The SMILES string of the molecule is CC/C=C\C/C=C\C/C=C\C/C=C\C/C=C\C/C=C\CCCCC(=O)OC(COC(=O)CC/C=C\C/C=C\C/C=C\C/C=C\C/C=C\C/C=C\CC)COC(OCC[N+](C)(C)C)C(=O)O. The van der Waals surface area contributed by atoms with Crippen LogP contribution in [-0.4, -0.2) is 87.4 Å². The molecule has 0 aliphatic carbocycles. The summed E-state index contributed by atoms with van der Waals surface area (Å²) in [5.74, 6) is -2.21. The highest BCUT2D eigenvalue weighted by molar-refractivity contribution is 5.71. The Hall–Kier alpha value is -4.83. The maximum absolute atomic E-state index is 12.8. The molecule has 0 saturated heterocycles. The van der Waals surface area contributed by atoms with E-state index in [0.717, 1.165) is 89.9 Å². The van der Waals surface area contributed by atoms with Crippen LogP contribution in [0.5, 0.6) is 0 Å². The molecule has 0 amide bonds. The first-order valence-corrected chi connectivity index (χ1v) is 24.0. The van der Waals surface area contributed by atoms with E-state index in [2.05, 4.69) is 148 Å². The Labute approximate surface area is 394 Å². The lowest BCUT2D eigenvalue weighted by Gasteiger charge is -2.25. The number of ether oxygens (including phenoxy) is 4. The number of hydrogen-bond acceptors (Lipinski definition) is 7. The van der Waals surface area contributed by atoms with E-state index in [-0.39, 0.29) is 32.7 Å². The van der Waals surface area contributed by atoms with Crippen LogP contribution in [0.25, 0.3) is 0 Å². The summed E-state index contributed by atoms with van der Waals surface area (Å²) in [6, 6.07) is 0. The molecule has 0 rings (SSSR count). The standard InChI is InChI=1S/C56H85NO8/c1-6-8-10-12-14-16-18-20-22-24-26-27-29-31-33-35-37-39-41-43-45-47-54(59)65-52(51-64-56(55(60)61)62-49-48-57(3,4)5)50-63-53(58)46-44-42-40-38-36-34-32-30-28-25-23-21-19-17-15-13-11-9-7-2/h8-11,14-17,20-23,26-28,30-31,33-34,36-37,39-40,42,52,56H,6-7,12-13,18-19,24-25,29,32,35,38,41,43-51H2,1-5H3/p+1/b10-8-,11-9-,16-14-,17-15-,22-20-,23-21-,27-26-,30-28-,33-31-,36-34-,39-37-,42-40-. The number of carboxylic acids is 1. The predicted octanol–water partition coefficient (Wildman–Crippen LogP) is 13.3. The van der Waals surface area contributed by atoms with Crippen LogP contribution < -0.4 is 0 Å². The molecule has 0 aromatic heterocycles. The molecule has 0 aliphatic heterocycles. The first-order chi connectivity index (χ1) is 31.6. The van der Waals surface area contributed by atoms with Gasteiger partial charge in [-0.1, -0.05) is 160 Å². The van der Waals surface area contributed by atoms with E-state index in [9.17, 15) is 19.5 Å². The highest BCUT2D eigenvalue weighted by Gasteiger charge is 2.25. The molecule has 0 radical (unpaired) electrons. The van der Waals surface area contributed by atoms with Gasteiger partial charge in [-0.15, -0.1) is 0 Å². The molecule has 0 heterocycles. The van der Waals surface area contributed by atoms with E-state index >= 15 is 0 Å². The summed E-state index contributed by atoms with van der Waals surface area (Å²) >= 11 is 0. The molecule has 0 aromatic rings. The van der Waals surface area contributed by atoms with E-state index in [1.165, 1.54) is 0 Å². The van der Waals surface area contributed by atoms with Crippen LogP contribution in [0.4, 0.5) is 0 Å². The highest BCUT2D eigenvalue weighted by atomic mass is 16.7. The largest absolute Gasteiger partial charge is 0.477 e. The quantitative estimate of drug-likeness (QED) is 0.0212. The molecular weight excluding hydrogens is 815 g/mol. The van der Waals surface area contributed by atoms with Crippen LogP contribution in [0.1, 0.15) is 129 Å². The second-order valence-corrected chi connectivity index (χ2v) is 16.3. The molecule has 65 heavy (non-hydrogen) atoms. The average Bonchev–Trinajstić information content (AvgIpc) is 3.27. The van der Waals surface area contributed by atoms with Crippen LogP contribution in [0, 0.1) is 0 Å². The third kappa shape index (κ3) is 47.0. The predicted molar refractivity (Wildman–Crippen MR) is 271 cm³/mol. The van der Waals surface area contributed by atoms with Gasteiger partial charge in [-0.2, -0.15) is 0 Å². The zero-order valence-corrected chi connectivity index (χ0v) is 40.8. The fourth-order valence-electron chi connectivity index (χ4n) is 5.45. The lowest BCUT2D eigenvalue weighted by Crippen LogP contribution is -2.40. The third-order valence-corrected chi connectivity index (χ3v) is 9.10. The summed E-state index contributed by atoms with van der Waals surface area (Å²) in [5.41, 5.74) is 0. The van der Waals surface area contributed by atoms with Gasteiger partial charge in [0.1, 0.15) is 13.2 Å². The minimum atomic E-state index is -1.55. The third-order valence-electron chi connectivity index (χ3n) is 9.10. The van der Waals surface area contributed by atoms with Crippen LogP contribution in [0.15, 0.2) is 146 Å². The summed E-state index contributed by atoms with van der Waals surface area (Å²) < 4.78 is 22.6. The molecule has 0 spiro atoms. The van der Waals surface area contributed by atoms with Gasteiger partial charge in [0.25, 0.3) is 6.29 Å². The van der Waals surface area contributed by atoms with E-state index in [0.29, 0.717) is 23.9 Å². The van der Waals surface area contributed by atoms with Crippen molar-refractivity contribution >= 4 is 17.9 Å². The van der Waals surface area contributed by atoms with Crippen molar-refractivity contribution < 1.29 is 42.9 Å². The van der Waals surface area contributed by atoms with Gasteiger partial charge < -0.3 is 28.5 Å². The first-order valence-electron chi connectivity index (χ1n) is 24.0. The van der Waals surface area contributed by atoms with Crippen molar-refractivity contribution in [2.45, 2.75) is 142 Å². The minimum Gasteiger partial charge on any atom is -0.477 e. The fourth-order valence-corrected chi connectivity index (χ4v) is 5.45. The zero-order valence-electron chi connectivity index (χ0n) is 40.8. The Morgan fingerprint density at radius 3 is 1.23 bits per heavy atom. The number of unbranched alkanes of at least 4 members (excludes halogenated alkanes) is 2. The van der Waals surface area contributed by atoms with Gasteiger partial charge in [-0.25, -0.2) is 4.79 Å². The van der Waals surface area contributed by atoms with Crippen molar-refractivity contribution in [3.8, 4) is 0 Å². The van der Waals surface area contributed by atoms with Crippen molar-refractivity contribution in [2.75, 3.05) is 47.5 Å². The van der Waals surface area contributed by atoms with Crippen LogP contribution >= 0.6 is 0 Å². The van der Waals surface area contributed by atoms with Crippen molar-refractivity contribution in [2.24, 2.45) is 0 Å². The van der Waals surface area contributed by atoms with Crippen LogP contribution in [-0.2, 0) is 33.3 Å². The number of hydrogen-bond donors (Lipinski definition) is 1. The summed E-state index contributed by atoms with van der Waals surface area (Å²) in [6.07, 6.45) is 63.6. The number of carboxylic acid groups (broad SMARTS) is 1. The van der Waals surface area contributed by atoms with Crippen molar-refractivity contribution in [3.63, 3.8) is 0 Å². The van der Waals surface area contributed by atoms with Gasteiger partial charge in [0.05, 0.1) is 34.4 Å². The number of allylic oxidation sites excluding steroid dienone is 24. The second kappa shape index (κ2) is 45.7. The van der Waals surface area contributed by atoms with E-state index in [4.69, 9.17) is 18.9 Å². The Morgan fingerprint density at radius 1 is 0.462 bits per heavy atom. The van der Waals surface area contributed by atoms with Gasteiger partial charge in [-0.05, 0) is 103 Å². The highest BCUT2D eigenvalue weighted by Crippen LogP contribution is 2.09. The number of quaternary nitrogens is 1. The van der Waals surface area contributed by atoms with Crippen molar-refractivity contribution in [3.05, 3.63) is 146 Å². The number of esters is 2. The normalized spacial score (nSPS) is 14.2. The Morgan fingerprint density at radius 2 is 0.846 bits per heavy atom. The minimum absolute atomic E-state index is 0.157. The lowest BCUT2D eigenvalue weighted by molar-refractivity contribution is -0.870. The van der Waals surface area contributed by atoms with Gasteiger partial charge >= 0.3 is 17.9 Å². The summed E-state index contributed by atoms with van der Waals surface area (Å²) in [6.45, 7) is 4.46. The Balaban J connectivity index is 4.64. The average molecular weight is 901 g/mol. The topological polar surface area (TPSA) is 108 Å². The molecule has 9 nitrogen and oxygen atoms in total. The fraction of sp³-hybridized carbons (Fsp3) is 0.518. The van der Waals surface area contributed by atoms with Gasteiger partial charge in [0.15, 0.2) is 6.10 Å². The lowest BCUT2D eigenvalue weighted by atomic mass is 10.2. The number of aliphatic carboxylic acids is 1. The summed E-state index contributed by atoms with van der Waals surface area (Å²) in [5, 5.41) is 9.65. The van der Waals surface area contributed by atoms with Gasteiger partial charge in [-0.3, -0.25) is 9.59 Å².